The van der Waals surface area contributed by atoms with Crippen LogP contribution in [-0.4, -0.2) is 20.3 Å². The van der Waals surface area contributed by atoms with Gasteiger partial charge in [0.25, 0.3) is 0 Å². The van der Waals surface area contributed by atoms with Crippen LogP contribution < -0.4 is 5.73 Å². The second kappa shape index (κ2) is 5.92. The molecule has 0 aliphatic carbocycles. The minimum atomic E-state index is 0.884. The molecule has 0 unspecified atom stereocenters. The van der Waals surface area contributed by atoms with E-state index in [0.29, 0.717) is 0 Å². The lowest BCUT2D eigenvalue weighted by Crippen LogP contribution is -2.50. The van der Waals surface area contributed by atoms with Crippen molar-refractivity contribution in [1.29, 1.82) is 0 Å². The second-order valence-corrected chi connectivity index (χ2v) is 1.55. The van der Waals surface area contributed by atoms with Crippen LogP contribution in [0, 0.1) is 0 Å². The molecule has 0 atom stereocenters. The Morgan fingerprint density at radius 3 is 2.57 bits per heavy atom. The Kier molecular flexibility index (Phi) is 5.85. The lowest BCUT2D eigenvalue weighted by atomic mass is 10.3. The van der Waals surface area contributed by atoms with Crippen molar-refractivity contribution in [3.63, 3.8) is 0 Å². The molecule has 0 aromatic heterocycles. The van der Waals surface area contributed by atoms with Gasteiger partial charge in [-0.25, -0.2) is 0 Å². The maximum Gasteiger partial charge on any atom is 0.0740 e. The lowest BCUT2D eigenvalue weighted by Gasteiger charge is -1.91. The van der Waals surface area contributed by atoms with Crippen LogP contribution >= 0.6 is 0 Å². The van der Waals surface area contributed by atoms with E-state index in [1.54, 1.807) is 7.11 Å². The molecule has 0 aliphatic heterocycles. The lowest BCUT2D eigenvalue weighted by molar-refractivity contribution is -0.368. The fourth-order valence-corrected chi connectivity index (χ4v) is 0.423. The van der Waals surface area contributed by atoms with Crippen LogP contribution in [0.25, 0.3) is 0 Å². The highest BCUT2D eigenvalue weighted by Gasteiger charge is 1.82. The number of unbranched alkanes of at least 4 members (excludes halogenated alkanes) is 1. The van der Waals surface area contributed by atoms with Gasteiger partial charge in [0.2, 0.25) is 0 Å². The molecule has 0 spiro atoms. The summed E-state index contributed by atoms with van der Waals surface area (Å²) in [6.07, 6.45) is 2.34. The summed E-state index contributed by atoms with van der Waals surface area (Å²) in [4.78, 5) is 0. The largest absolute Gasteiger partial charge is 0.385 e. The zero-order chi connectivity index (χ0) is 5.54. The van der Waals surface area contributed by atoms with Crippen LogP contribution in [0.5, 0.6) is 0 Å². The Hall–Kier alpha value is -0.0800. The van der Waals surface area contributed by atoms with E-state index < -0.39 is 0 Å². The highest BCUT2D eigenvalue weighted by Crippen LogP contribution is 1.82. The van der Waals surface area contributed by atoms with E-state index >= 15 is 0 Å². The van der Waals surface area contributed by atoms with E-state index in [0.717, 1.165) is 19.6 Å². The summed E-state index contributed by atoms with van der Waals surface area (Å²) in [6.45, 7) is 1.92. The Bertz CT molecular complexity index is 27.3. The summed E-state index contributed by atoms with van der Waals surface area (Å²) >= 11 is 0. The minimum absolute atomic E-state index is 0.884. The molecule has 44 valence electrons. The van der Waals surface area contributed by atoms with Crippen molar-refractivity contribution < 1.29 is 10.5 Å². The van der Waals surface area contributed by atoms with Crippen molar-refractivity contribution in [3.8, 4) is 0 Å². The van der Waals surface area contributed by atoms with E-state index in [4.69, 9.17) is 4.74 Å². The fraction of sp³-hybridized carbons (Fsp3) is 1.00. The van der Waals surface area contributed by atoms with Gasteiger partial charge in [0, 0.05) is 13.7 Å². The van der Waals surface area contributed by atoms with Gasteiger partial charge >= 0.3 is 0 Å². The maximum absolute atomic E-state index is 4.82. The first-order valence-electron chi connectivity index (χ1n) is 2.70. The van der Waals surface area contributed by atoms with Gasteiger partial charge < -0.3 is 10.5 Å². The number of ether oxygens (including phenoxy) is 1. The Morgan fingerprint density at radius 1 is 1.43 bits per heavy atom. The van der Waals surface area contributed by atoms with E-state index in [-0.39, 0.29) is 0 Å². The SMILES string of the molecule is COCCCC[NH3+]. The van der Waals surface area contributed by atoms with Gasteiger partial charge in [-0.15, -0.1) is 0 Å². The van der Waals surface area contributed by atoms with Crippen molar-refractivity contribution in [2.45, 2.75) is 12.8 Å². The first-order chi connectivity index (χ1) is 3.41. The predicted octanol–water partition coefficient (Wildman–Crippen LogP) is -0.345. The topological polar surface area (TPSA) is 36.9 Å². The van der Waals surface area contributed by atoms with Crippen molar-refractivity contribution in [1.82, 2.24) is 0 Å². The number of hydrogen-bond acceptors (Lipinski definition) is 1. The molecule has 3 N–H and O–H groups in total. The molecule has 0 aromatic rings. The summed E-state index contributed by atoms with van der Waals surface area (Å²) in [5, 5.41) is 0. The molecule has 0 bridgehead atoms. The third-order valence-corrected chi connectivity index (χ3v) is 0.848. The zero-order valence-electron chi connectivity index (χ0n) is 4.94. The van der Waals surface area contributed by atoms with Gasteiger partial charge in [-0.1, -0.05) is 0 Å². The van der Waals surface area contributed by atoms with Gasteiger partial charge in [0.1, 0.15) is 0 Å². The van der Waals surface area contributed by atoms with Crippen LogP contribution in [0.2, 0.25) is 0 Å². The number of hydrogen-bond donors (Lipinski definition) is 1. The summed E-state index contributed by atoms with van der Waals surface area (Å²) in [7, 11) is 1.73. The van der Waals surface area contributed by atoms with Crippen molar-refractivity contribution >= 4 is 0 Å². The molecule has 0 saturated heterocycles. The smallest absolute Gasteiger partial charge is 0.0740 e. The Labute approximate surface area is 44.7 Å². The van der Waals surface area contributed by atoms with Crippen LogP contribution in [0.3, 0.4) is 0 Å². The first-order valence-corrected chi connectivity index (χ1v) is 2.70. The molecule has 0 rings (SSSR count). The van der Waals surface area contributed by atoms with Gasteiger partial charge in [0.05, 0.1) is 6.54 Å². The predicted molar refractivity (Wildman–Crippen MR) is 28.9 cm³/mol. The van der Waals surface area contributed by atoms with Crippen LogP contribution in [-0.2, 0) is 4.74 Å². The van der Waals surface area contributed by atoms with E-state index in [9.17, 15) is 0 Å². The molecule has 0 aromatic carbocycles. The van der Waals surface area contributed by atoms with E-state index in [1.165, 1.54) is 6.42 Å². The third-order valence-electron chi connectivity index (χ3n) is 0.848. The molecule has 0 radical (unpaired) electrons. The fourth-order valence-electron chi connectivity index (χ4n) is 0.423. The molecule has 0 aliphatic rings. The number of methoxy groups -OCH3 is 1. The average molecular weight is 104 g/mol. The van der Waals surface area contributed by atoms with Gasteiger partial charge in [0.15, 0.2) is 0 Å². The van der Waals surface area contributed by atoms with Crippen molar-refractivity contribution in [2.75, 3.05) is 20.3 Å². The van der Waals surface area contributed by atoms with E-state index in [2.05, 4.69) is 5.73 Å². The van der Waals surface area contributed by atoms with Gasteiger partial charge in [-0.3, -0.25) is 0 Å². The molecule has 0 amide bonds. The highest BCUT2D eigenvalue weighted by molar-refractivity contribution is 4.31. The molecule has 2 heteroatoms. The maximum atomic E-state index is 4.82. The van der Waals surface area contributed by atoms with Crippen molar-refractivity contribution in [3.05, 3.63) is 0 Å². The van der Waals surface area contributed by atoms with Crippen LogP contribution in [0.15, 0.2) is 0 Å². The average Bonchev–Trinajstić information content (AvgIpc) is 1.69. The summed E-state index contributed by atoms with van der Waals surface area (Å²) < 4.78 is 4.82. The monoisotopic (exact) mass is 104 g/mol. The first kappa shape index (κ1) is 6.92. The Morgan fingerprint density at radius 2 is 2.14 bits per heavy atom. The van der Waals surface area contributed by atoms with Crippen LogP contribution in [0.1, 0.15) is 12.8 Å². The highest BCUT2D eigenvalue weighted by atomic mass is 16.5. The number of rotatable bonds is 4. The Balaban J connectivity index is 2.45. The zero-order valence-corrected chi connectivity index (χ0v) is 4.94. The second-order valence-electron chi connectivity index (χ2n) is 1.55. The van der Waals surface area contributed by atoms with Crippen LogP contribution in [0.4, 0.5) is 0 Å². The summed E-state index contributed by atoms with van der Waals surface area (Å²) in [6, 6.07) is 0. The molecule has 2 nitrogen and oxygen atoms in total. The molecular formula is C5H14NO+. The summed E-state index contributed by atoms with van der Waals surface area (Å²) in [5.41, 5.74) is 3.70. The van der Waals surface area contributed by atoms with E-state index in [1.807, 2.05) is 0 Å². The van der Waals surface area contributed by atoms with Gasteiger partial charge in [-0.05, 0) is 12.8 Å². The standard InChI is InChI=1S/C5H13NO/c1-7-5-3-2-4-6/h2-6H2,1H3/p+1. The minimum Gasteiger partial charge on any atom is -0.385 e. The molecule has 0 fully saturated rings. The normalized spacial score (nSPS) is 9.43. The van der Waals surface area contributed by atoms with Crippen molar-refractivity contribution in [2.24, 2.45) is 0 Å². The van der Waals surface area contributed by atoms with Gasteiger partial charge in [-0.2, -0.15) is 0 Å². The molecular weight excluding hydrogens is 90.1 g/mol. The molecule has 0 heterocycles. The number of quaternary nitrogens is 1. The third kappa shape index (κ3) is 5.92. The molecule has 0 saturated carbocycles. The quantitative estimate of drug-likeness (QED) is 0.486. The summed E-state index contributed by atoms with van der Waals surface area (Å²) in [5.74, 6) is 0. The molecule has 7 heavy (non-hydrogen) atoms.